The molecular weight excluding hydrogens is 160 g/mol. The van der Waals surface area contributed by atoms with Gasteiger partial charge in [0.1, 0.15) is 5.65 Å². The van der Waals surface area contributed by atoms with Gasteiger partial charge in [0.2, 0.25) is 0 Å². The molecule has 0 unspecified atom stereocenters. The van der Waals surface area contributed by atoms with Crippen LogP contribution in [0.2, 0.25) is 0 Å². The first-order valence-electron chi connectivity index (χ1n) is 4.74. The average Bonchev–Trinajstić information content (AvgIpc) is 2.46. The van der Waals surface area contributed by atoms with Gasteiger partial charge < -0.3 is 4.40 Å². The van der Waals surface area contributed by atoms with Gasteiger partial charge in [-0.2, -0.15) is 0 Å². The number of hydrogen-bond donors (Lipinski definition) is 0. The Morgan fingerprint density at radius 2 is 2.31 bits per heavy atom. The molecule has 0 saturated heterocycles. The number of fused-ring (bicyclic) bond motifs is 1. The molecule has 13 heavy (non-hydrogen) atoms. The molecule has 0 saturated carbocycles. The Morgan fingerprint density at radius 1 is 1.46 bits per heavy atom. The van der Waals surface area contributed by atoms with Gasteiger partial charge in [-0.1, -0.05) is 13.3 Å². The molecule has 0 aliphatic carbocycles. The van der Waals surface area contributed by atoms with Crippen molar-refractivity contribution in [2.24, 2.45) is 0 Å². The van der Waals surface area contributed by atoms with Crippen LogP contribution in [0, 0.1) is 6.92 Å². The molecule has 0 radical (unpaired) electrons. The molecule has 0 spiro atoms. The Hall–Kier alpha value is -1.31. The van der Waals surface area contributed by atoms with E-state index in [2.05, 4.69) is 47.8 Å². The monoisotopic (exact) mass is 174 g/mol. The highest BCUT2D eigenvalue weighted by Gasteiger charge is 1.99. The van der Waals surface area contributed by atoms with Crippen LogP contribution < -0.4 is 0 Å². The summed E-state index contributed by atoms with van der Waals surface area (Å²) in [5.74, 6) is 0. The lowest BCUT2D eigenvalue weighted by atomic mass is 10.3. The zero-order valence-electron chi connectivity index (χ0n) is 8.12. The van der Waals surface area contributed by atoms with E-state index in [0.29, 0.717) is 0 Å². The Balaban J connectivity index is 2.49. The maximum Gasteiger partial charge on any atom is 0.137 e. The van der Waals surface area contributed by atoms with E-state index in [1.54, 1.807) is 0 Å². The number of aromatic nitrogens is 2. The van der Waals surface area contributed by atoms with Crippen LogP contribution in [0.15, 0.2) is 24.5 Å². The molecule has 2 aromatic heterocycles. The second-order valence-electron chi connectivity index (χ2n) is 3.45. The van der Waals surface area contributed by atoms with E-state index in [0.717, 1.165) is 18.5 Å². The fourth-order valence-electron chi connectivity index (χ4n) is 1.51. The SMILES string of the molecule is CCCc1cn2ccc(C)cc2n1. The Bertz CT molecular complexity index is 415. The van der Waals surface area contributed by atoms with E-state index < -0.39 is 0 Å². The van der Waals surface area contributed by atoms with Crippen molar-refractivity contribution in [3.05, 3.63) is 35.8 Å². The molecule has 68 valence electrons. The minimum absolute atomic E-state index is 1.06. The van der Waals surface area contributed by atoms with Gasteiger partial charge in [-0.05, 0) is 31.0 Å². The fourth-order valence-corrected chi connectivity index (χ4v) is 1.51. The summed E-state index contributed by atoms with van der Waals surface area (Å²) in [6, 6.07) is 4.21. The molecule has 2 aromatic rings. The first-order chi connectivity index (χ1) is 6.29. The van der Waals surface area contributed by atoms with Gasteiger partial charge >= 0.3 is 0 Å². The maximum absolute atomic E-state index is 4.53. The van der Waals surface area contributed by atoms with Crippen molar-refractivity contribution in [3.63, 3.8) is 0 Å². The second-order valence-corrected chi connectivity index (χ2v) is 3.45. The summed E-state index contributed by atoms with van der Waals surface area (Å²) in [5.41, 5.74) is 3.51. The van der Waals surface area contributed by atoms with E-state index in [1.165, 1.54) is 11.3 Å². The topological polar surface area (TPSA) is 17.3 Å². The highest BCUT2D eigenvalue weighted by Crippen LogP contribution is 2.08. The molecule has 0 aromatic carbocycles. The smallest absolute Gasteiger partial charge is 0.137 e. The highest BCUT2D eigenvalue weighted by molar-refractivity contribution is 5.42. The van der Waals surface area contributed by atoms with Gasteiger partial charge in [0.15, 0.2) is 0 Å². The van der Waals surface area contributed by atoms with Crippen molar-refractivity contribution in [2.75, 3.05) is 0 Å². The van der Waals surface area contributed by atoms with Crippen LogP contribution in [0.1, 0.15) is 24.6 Å². The quantitative estimate of drug-likeness (QED) is 0.684. The van der Waals surface area contributed by atoms with Crippen LogP contribution in [-0.2, 0) is 6.42 Å². The number of pyridine rings is 1. The fraction of sp³-hybridized carbons (Fsp3) is 0.364. The van der Waals surface area contributed by atoms with Crippen LogP contribution in [-0.4, -0.2) is 9.38 Å². The lowest BCUT2D eigenvalue weighted by Crippen LogP contribution is -1.81. The predicted octanol–water partition coefficient (Wildman–Crippen LogP) is 2.60. The zero-order chi connectivity index (χ0) is 9.26. The van der Waals surface area contributed by atoms with Gasteiger partial charge in [0, 0.05) is 12.4 Å². The first-order valence-corrected chi connectivity index (χ1v) is 4.74. The summed E-state index contributed by atoms with van der Waals surface area (Å²) < 4.78 is 2.08. The molecule has 2 heteroatoms. The zero-order valence-corrected chi connectivity index (χ0v) is 8.12. The molecule has 0 aliphatic heterocycles. The maximum atomic E-state index is 4.53. The molecule has 0 amide bonds. The van der Waals surface area contributed by atoms with E-state index >= 15 is 0 Å². The molecule has 0 fully saturated rings. The number of hydrogen-bond acceptors (Lipinski definition) is 1. The number of imidazole rings is 1. The summed E-state index contributed by atoms with van der Waals surface area (Å²) in [6.07, 6.45) is 6.40. The third-order valence-electron chi connectivity index (χ3n) is 2.17. The van der Waals surface area contributed by atoms with E-state index in [-0.39, 0.29) is 0 Å². The normalized spacial score (nSPS) is 10.9. The second kappa shape index (κ2) is 3.21. The molecule has 0 bridgehead atoms. The van der Waals surface area contributed by atoms with E-state index in [1.807, 2.05) is 0 Å². The van der Waals surface area contributed by atoms with E-state index in [9.17, 15) is 0 Å². The summed E-state index contributed by atoms with van der Waals surface area (Å²) in [6.45, 7) is 4.27. The summed E-state index contributed by atoms with van der Waals surface area (Å²) in [4.78, 5) is 4.53. The van der Waals surface area contributed by atoms with Gasteiger partial charge in [-0.25, -0.2) is 4.98 Å². The minimum atomic E-state index is 1.06. The van der Waals surface area contributed by atoms with Crippen molar-refractivity contribution in [1.29, 1.82) is 0 Å². The van der Waals surface area contributed by atoms with Crippen LogP contribution in [0.3, 0.4) is 0 Å². The predicted molar refractivity (Wildman–Crippen MR) is 53.9 cm³/mol. The van der Waals surface area contributed by atoms with Crippen molar-refractivity contribution >= 4 is 5.65 Å². The van der Waals surface area contributed by atoms with Crippen molar-refractivity contribution in [1.82, 2.24) is 9.38 Å². The first kappa shape index (κ1) is 8.30. The lowest BCUT2D eigenvalue weighted by Gasteiger charge is -1.92. The molecule has 2 rings (SSSR count). The van der Waals surface area contributed by atoms with Crippen molar-refractivity contribution < 1.29 is 0 Å². The van der Waals surface area contributed by atoms with Crippen molar-refractivity contribution in [2.45, 2.75) is 26.7 Å². The van der Waals surface area contributed by atoms with Gasteiger partial charge in [0.05, 0.1) is 5.69 Å². The molecule has 0 N–H and O–H groups in total. The Morgan fingerprint density at radius 3 is 3.08 bits per heavy atom. The van der Waals surface area contributed by atoms with Crippen LogP contribution in [0.4, 0.5) is 0 Å². The van der Waals surface area contributed by atoms with Crippen molar-refractivity contribution in [3.8, 4) is 0 Å². The average molecular weight is 174 g/mol. The van der Waals surface area contributed by atoms with E-state index in [4.69, 9.17) is 0 Å². The van der Waals surface area contributed by atoms with Gasteiger partial charge in [0.25, 0.3) is 0 Å². The third-order valence-corrected chi connectivity index (χ3v) is 2.17. The summed E-state index contributed by atoms with van der Waals surface area (Å²) >= 11 is 0. The molecule has 0 aliphatic rings. The standard InChI is InChI=1S/C11H14N2/c1-3-4-10-8-13-6-5-9(2)7-11(13)12-10/h5-8H,3-4H2,1-2H3. The largest absolute Gasteiger partial charge is 0.307 e. The van der Waals surface area contributed by atoms with Gasteiger partial charge in [-0.3, -0.25) is 0 Å². The lowest BCUT2D eigenvalue weighted by molar-refractivity contribution is 0.894. The number of rotatable bonds is 2. The molecule has 0 atom stereocenters. The molecular formula is C11H14N2. The highest BCUT2D eigenvalue weighted by atomic mass is 15.0. The Kier molecular flexibility index (Phi) is 2.05. The van der Waals surface area contributed by atoms with Crippen LogP contribution in [0.5, 0.6) is 0 Å². The summed E-state index contributed by atoms with van der Waals surface area (Å²) in [5, 5.41) is 0. The Labute approximate surface area is 78.2 Å². The number of aryl methyl sites for hydroxylation is 2. The molecule has 2 nitrogen and oxygen atoms in total. The summed E-state index contributed by atoms with van der Waals surface area (Å²) in [7, 11) is 0. The third kappa shape index (κ3) is 1.57. The van der Waals surface area contributed by atoms with Crippen LogP contribution >= 0.6 is 0 Å². The van der Waals surface area contributed by atoms with Crippen LogP contribution in [0.25, 0.3) is 5.65 Å². The number of nitrogens with zero attached hydrogens (tertiary/aromatic N) is 2. The van der Waals surface area contributed by atoms with Gasteiger partial charge in [-0.15, -0.1) is 0 Å². The minimum Gasteiger partial charge on any atom is -0.307 e. The molecule has 2 heterocycles.